The van der Waals surface area contributed by atoms with Gasteiger partial charge in [0.15, 0.2) is 12.4 Å². The molecule has 0 radical (unpaired) electrons. The number of carbonyl (C=O) groups is 1. The topological polar surface area (TPSA) is 105 Å². The number of hydrogen-bond acceptors (Lipinski definition) is 7. The van der Waals surface area contributed by atoms with Crippen molar-refractivity contribution in [1.82, 2.24) is 0 Å². The van der Waals surface area contributed by atoms with Crippen LogP contribution in [0.1, 0.15) is 5.56 Å². The largest absolute Gasteiger partial charge is 0.467 e. The Hall–Kier alpha value is -1.51. The van der Waals surface area contributed by atoms with Crippen LogP contribution in [0.15, 0.2) is 30.3 Å². The van der Waals surface area contributed by atoms with Gasteiger partial charge >= 0.3 is 5.97 Å². The van der Waals surface area contributed by atoms with E-state index in [1.807, 2.05) is 30.3 Å². The second kappa shape index (κ2) is 6.97. The highest BCUT2D eigenvalue weighted by Gasteiger charge is 2.48. The molecule has 1 aliphatic rings. The Labute approximate surface area is 121 Å². The molecule has 1 aromatic carbocycles. The summed E-state index contributed by atoms with van der Waals surface area (Å²) in [5.74, 6) is -0.846. The molecule has 1 aromatic rings. The summed E-state index contributed by atoms with van der Waals surface area (Å²) >= 11 is 0. The van der Waals surface area contributed by atoms with Crippen LogP contribution in [0.5, 0.6) is 0 Å². The fourth-order valence-electron chi connectivity index (χ4n) is 2.12. The van der Waals surface area contributed by atoms with Crippen LogP contribution in [0.4, 0.5) is 0 Å². The third-order valence-electron chi connectivity index (χ3n) is 3.28. The van der Waals surface area contributed by atoms with Crippen molar-refractivity contribution in [2.75, 3.05) is 7.11 Å². The van der Waals surface area contributed by atoms with Crippen LogP contribution < -0.4 is 0 Å². The summed E-state index contributed by atoms with van der Waals surface area (Å²) in [7, 11) is 1.13. The zero-order chi connectivity index (χ0) is 15.4. The molecule has 7 nitrogen and oxygen atoms in total. The fraction of sp³-hybridized carbons (Fsp3) is 0.500. The van der Waals surface area contributed by atoms with Crippen molar-refractivity contribution in [3.8, 4) is 0 Å². The summed E-state index contributed by atoms with van der Waals surface area (Å²) in [4.78, 5) is 11.5. The van der Waals surface area contributed by atoms with Gasteiger partial charge in [0.1, 0.15) is 18.3 Å². The quantitative estimate of drug-likeness (QED) is 0.624. The molecular weight excluding hydrogens is 280 g/mol. The number of hydrogen-bond donors (Lipinski definition) is 3. The SMILES string of the molecule is COC(=O)[C@@H]1OC(O)[C@H](O)[C@@H](OCc2ccccc2)[C@@H]1O. The van der Waals surface area contributed by atoms with Gasteiger partial charge in [0.2, 0.25) is 0 Å². The van der Waals surface area contributed by atoms with E-state index in [1.165, 1.54) is 0 Å². The maximum Gasteiger partial charge on any atom is 0.337 e. The van der Waals surface area contributed by atoms with Crippen molar-refractivity contribution in [2.24, 2.45) is 0 Å². The van der Waals surface area contributed by atoms with Crippen molar-refractivity contribution in [2.45, 2.75) is 37.3 Å². The van der Waals surface area contributed by atoms with Gasteiger partial charge in [-0.25, -0.2) is 4.79 Å². The monoisotopic (exact) mass is 298 g/mol. The first kappa shape index (κ1) is 15.9. The van der Waals surface area contributed by atoms with Crippen LogP contribution in [0, 0.1) is 0 Å². The average molecular weight is 298 g/mol. The number of methoxy groups -OCH3 is 1. The smallest absolute Gasteiger partial charge is 0.337 e. The fourth-order valence-corrected chi connectivity index (χ4v) is 2.12. The van der Waals surface area contributed by atoms with Crippen LogP contribution in [0.3, 0.4) is 0 Å². The molecule has 0 aromatic heterocycles. The normalized spacial score (nSPS) is 32.7. The van der Waals surface area contributed by atoms with Crippen molar-refractivity contribution in [3.63, 3.8) is 0 Å². The van der Waals surface area contributed by atoms with E-state index >= 15 is 0 Å². The first-order valence-electron chi connectivity index (χ1n) is 6.47. The van der Waals surface area contributed by atoms with E-state index in [0.717, 1.165) is 12.7 Å². The summed E-state index contributed by atoms with van der Waals surface area (Å²) in [5.41, 5.74) is 0.826. The van der Waals surface area contributed by atoms with Crippen LogP contribution in [0.25, 0.3) is 0 Å². The van der Waals surface area contributed by atoms with E-state index in [0.29, 0.717) is 0 Å². The van der Waals surface area contributed by atoms with E-state index in [1.54, 1.807) is 0 Å². The second-order valence-corrected chi connectivity index (χ2v) is 4.71. The Balaban J connectivity index is 2.06. The minimum absolute atomic E-state index is 0.111. The van der Waals surface area contributed by atoms with Gasteiger partial charge in [0, 0.05) is 0 Å². The summed E-state index contributed by atoms with van der Waals surface area (Å²) in [6, 6.07) is 9.11. The first-order chi connectivity index (χ1) is 10.0. The van der Waals surface area contributed by atoms with Crippen LogP contribution >= 0.6 is 0 Å². The summed E-state index contributed by atoms with van der Waals surface area (Å²) in [5, 5.41) is 29.5. The molecule has 0 amide bonds. The molecule has 0 saturated carbocycles. The number of aliphatic hydroxyl groups excluding tert-OH is 3. The highest BCUT2D eigenvalue weighted by molar-refractivity contribution is 5.75. The van der Waals surface area contributed by atoms with Gasteiger partial charge in [-0.2, -0.15) is 0 Å². The van der Waals surface area contributed by atoms with Gasteiger partial charge in [-0.05, 0) is 5.56 Å². The maximum absolute atomic E-state index is 11.5. The van der Waals surface area contributed by atoms with E-state index in [-0.39, 0.29) is 6.61 Å². The van der Waals surface area contributed by atoms with Crippen LogP contribution in [-0.2, 0) is 25.6 Å². The molecule has 0 spiro atoms. The molecule has 1 unspecified atom stereocenters. The number of carbonyl (C=O) groups excluding carboxylic acids is 1. The Morgan fingerprint density at radius 1 is 1.19 bits per heavy atom. The lowest BCUT2D eigenvalue weighted by molar-refractivity contribution is -0.289. The van der Waals surface area contributed by atoms with Crippen molar-refractivity contribution < 1.29 is 34.3 Å². The molecule has 0 bridgehead atoms. The Kier molecular flexibility index (Phi) is 5.27. The Bertz CT molecular complexity index is 464. The van der Waals surface area contributed by atoms with Crippen LogP contribution in [-0.4, -0.2) is 59.1 Å². The maximum atomic E-state index is 11.5. The van der Waals surface area contributed by atoms with Crippen molar-refractivity contribution >= 4 is 5.97 Å². The standard InChI is InChI=1S/C14H18O7/c1-19-14(18)12-9(15)11(10(16)13(17)21-12)20-7-8-5-3-2-4-6-8/h2-6,9-13,15-17H,7H2,1H3/t9-,10+,11-,12+,13?/m0/s1. The zero-order valence-electron chi connectivity index (χ0n) is 11.5. The number of rotatable bonds is 4. The predicted octanol–water partition coefficient (Wildman–Crippen LogP) is -0.816. The summed E-state index contributed by atoms with van der Waals surface area (Å²) in [6.45, 7) is 0.111. The molecule has 5 atom stereocenters. The van der Waals surface area contributed by atoms with E-state index in [2.05, 4.69) is 4.74 Å². The Morgan fingerprint density at radius 2 is 1.86 bits per heavy atom. The highest BCUT2D eigenvalue weighted by atomic mass is 16.7. The van der Waals surface area contributed by atoms with Crippen molar-refractivity contribution in [1.29, 1.82) is 0 Å². The summed E-state index contributed by atoms with van der Waals surface area (Å²) in [6.07, 6.45) is -7.13. The lowest BCUT2D eigenvalue weighted by Gasteiger charge is -2.39. The molecule has 1 fully saturated rings. The molecule has 2 rings (SSSR count). The van der Waals surface area contributed by atoms with Crippen molar-refractivity contribution in [3.05, 3.63) is 35.9 Å². The molecular formula is C14H18O7. The Morgan fingerprint density at radius 3 is 2.48 bits per heavy atom. The molecule has 3 N–H and O–H groups in total. The van der Waals surface area contributed by atoms with Gasteiger partial charge in [-0.15, -0.1) is 0 Å². The van der Waals surface area contributed by atoms with Gasteiger partial charge in [0.05, 0.1) is 13.7 Å². The van der Waals surface area contributed by atoms with Gasteiger partial charge in [-0.3, -0.25) is 0 Å². The lowest BCUT2D eigenvalue weighted by Crippen LogP contribution is -2.60. The lowest BCUT2D eigenvalue weighted by atomic mass is 9.98. The summed E-state index contributed by atoms with van der Waals surface area (Å²) < 4.78 is 14.8. The highest BCUT2D eigenvalue weighted by Crippen LogP contribution is 2.24. The second-order valence-electron chi connectivity index (χ2n) is 4.71. The van der Waals surface area contributed by atoms with Gasteiger partial charge in [-0.1, -0.05) is 30.3 Å². The zero-order valence-corrected chi connectivity index (χ0v) is 11.5. The molecule has 1 heterocycles. The average Bonchev–Trinajstić information content (AvgIpc) is 2.51. The molecule has 7 heteroatoms. The van der Waals surface area contributed by atoms with E-state index < -0.39 is 36.7 Å². The van der Waals surface area contributed by atoms with E-state index in [4.69, 9.17) is 9.47 Å². The van der Waals surface area contributed by atoms with Crippen LogP contribution in [0.2, 0.25) is 0 Å². The first-order valence-corrected chi connectivity index (χ1v) is 6.47. The number of benzene rings is 1. The molecule has 116 valence electrons. The number of ether oxygens (including phenoxy) is 3. The number of aliphatic hydroxyl groups is 3. The van der Waals surface area contributed by atoms with E-state index in [9.17, 15) is 20.1 Å². The minimum atomic E-state index is -1.64. The molecule has 1 saturated heterocycles. The minimum Gasteiger partial charge on any atom is -0.467 e. The predicted molar refractivity (Wildman–Crippen MR) is 69.9 cm³/mol. The van der Waals surface area contributed by atoms with Gasteiger partial charge in [0.25, 0.3) is 0 Å². The third kappa shape index (κ3) is 3.58. The third-order valence-corrected chi connectivity index (χ3v) is 3.28. The molecule has 0 aliphatic carbocycles. The number of esters is 1. The molecule has 1 aliphatic heterocycles. The van der Waals surface area contributed by atoms with Gasteiger partial charge < -0.3 is 29.5 Å². The molecule has 21 heavy (non-hydrogen) atoms.